The van der Waals surface area contributed by atoms with E-state index in [0.717, 1.165) is 75.3 Å². The van der Waals surface area contributed by atoms with Gasteiger partial charge in [0.2, 0.25) is 20.0 Å². The minimum Gasteiger partial charge on any atom is -0.294 e. The van der Waals surface area contributed by atoms with Crippen LogP contribution < -0.4 is 9.44 Å². The average molecular weight is 785 g/mol. The number of Topliss-reactive ketones (excluding diaryl/α,β-unsaturated/α-hetero) is 2. The van der Waals surface area contributed by atoms with E-state index in [-0.39, 0.29) is 34.9 Å². The monoisotopic (exact) mass is 784 g/mol. The summed E-state index contributed by atoms with van der Waals surface area (Å²) >= 11 is 0. The van der Waals surface area contributed by atoms with Crippen LogP contribution in [0.25, 0.3) is 12.2 Å². The normalized spacial score (nSPS) is 29.9. The number of unbranched alkanes of at least 4 members (excludes halogenated alkanes) is 2. The molecular weight excluding hydrogens is 717 g/mol. The maximum atomic E-state index is 14.2. The molecular formula is C44H68N2O6S2. The van der Waals surface area contributed by atoms with Crippen LogP contribution >= 0.6 is 0 Å². The van der Waals surface area contributed by atoms with Crippen molar-refractivity contribution in [3.05, 3.63) is 46.5 Å². The fraction of sp³-hybridized carbons (Fsp3) is 0.727. The van der Waals surface area contributed by atoms with Crippen LogP contribution in [0.2, 0.25) is 0 Å². The second kappa shape index (κ2) is 16.4. The number of benzene rings is 1. The van der Waals surface area contributed by atoms with Gasteiger partial charge in [0.15, 0.2) is 11.6 Å². The number of allylic oxidation sites excluding steroid dienone is 2. The van der Waals surface area contributed by atoms with E-state index >= 15 is 0 Å². The van der Waals surface area contributed by atoms with Gasteiger partial charge in [0.1, 0.15) is 0 Å². The predicted octanol–water partition coefficient (Wildman–Crippen LogP) is 8.74. The number of carbonyl (C=O) groups is 2. The molecule has 6 unspecified atom stereocenters. The maximum Gasteiger partial charge on any atom is 0.212 e. The molecule has 0 aromatic heterocycles. The first-order valence-electron chi connectivity index (χ1n) is 20.9. The minimum atomic E-state index is -3.67. The molecule has 10 heteroatoms. The molecule has 0 spiro atoms. The van der Waals surface area contributed by atoms with Crippen molar-refractivity contribution in [2.45, 2.75) is 132 Å². The van der Waals surface area contributed by atoms with Gasteiger partial charge in [-0.05, 0) is 96.3 Å². The molecule has 302 valence electrons. The summed E-state index contributed by atoms with van der Waals surface area (Å²) < 4.78 is 59.7. The summed E-state index contributed by atoms with van der Waals surface area (Å²) in [6, 6.07) is 7.81. The lowest BCUT2D eigenvalue weighted by Crippen LogP contribution is -2.46. The van der Waals surface area contributed by atoms with Crippen LogP contribution in [0.15, 0.2) is 35.4 Å². The lowest BCUT2D eigenvalue weighted by atomic mass is 9.70. The van der Waals surface area contributed by atoms with Crippen LogP contribution in [-0.4, -0.2) is 53.0 Å². The van der Waals surface area contributed by atoms with Crippen molar-refractivity contribution >= 4 is 43.8 Å². The number of fused-ring (bicyclic) bond motifs is 4. The zero-order chi connectivity index (χ0) is 39.7. The number of hydrogen-bond donors (Lipinski definition) is 2. The summed E-state index contributed by atoms with van der Waals surface area (Å²) in [5.41, 5.74) is 0.262. The Balaban J connectivity index is 1.31. The molecule has 0 saturated heterocycles. The van der Waals surface area contributed by atoms with Crippen LogP contribution in [0.4, 0.5) is 0 Å². The highest BCUT2D eigenvalue weighted by molar-refractivity contribution is 7.89. The van der Waals surface area contributed by atoms with E-state index in [1.807, 2.05) is 36.4 Å². The summed E-state index contributed by atoms with van der Waals surface area (Å²) in [5.74, 6) is 0.0918. The first kappa shape index (κ1) is 43.0. The van der Waals surface area contributed by atoms with E-state index in [9.17, 15) is 26.4 Å². The Morgan fingerprint density at radius 1 is 0.648 bits per heavy atom. The highest BCUT2D eigenvalue weighted by atomic mass is 32.2. The van der Waals surface area contributed by atoms with Gasteiger partial charge < -0.3 is 0 Å². The number of hydrogen-bond acceptors (Lipinski definition) is 6. The number of rotatable bonds is 20. The van der Waals surface area contributed by atoms with Crippen LogP contribution in [-0.2, 0) is 29.6 Å². The number of ketones is 2. The number of carbonyl (C=O) groups excluding carboxylic acids is 2. The Kier molecular flexibility index (Phi) is 13.0. The molecule has 1 aromatic rings. The molecule has 8 nitrogen and oxygen atoms in total. The Morgan fingerprint density at radius 3 is 1.31 bits per heavy atom. The van der Waals surface area contributed by atoms with Crippen LogP contribution in [0.3, 0.4) is 0 Å². The summed E-state index contributed by atoms with van der Waals surface area (Å²) in [6.07, 6.45) is 14.7. The van der Waals surface area contributed by atoms with Crippen molar-refractivity contribution in [3.8, 4) is 0 Å². The average Bonchev–Trinajstić information content (AvgIpc) is 3.62. The van der Waals surface area contributed by atoms with Gasteiger partial charge in [0.05, 0.1) is 22.3 Å². The smallest absolute Gasteiger partial charge is 0.212 e. The Hall–Kier alpha value is -2.14. The molecule has 4 fully saturated rings. The quantitative estimate of drug-likeness (QED) is 0.127. The fourth-order valence-electron chi connectivity index (χ4n) is 10.7. The second-order valence-electron chi connectivity index (χ2n) is 18.4. The zero-order valence-electron chi connectivity index (χ0n) is 34.4. The summed E-state index contributed by atoms with van der Waals surface area (Å²) in [7, 11) is -7.34. The first-order valence-corrected chi connectivity index (χ1v) is 24.2. The van der Waals surface area contributed by atoms with Crippen molar-refractivity contribution in [2.75, 3.05) is 24.6 Å². The Morgan fingerprint density at radius 2 is 1.00 bits per heavy atom. The standard InChI is InChI=1S/C44H68N2O6S2/c1-9-13-15-31(11-3)27-45-53(49,50)29-43-23-21-37(41(43,5)6)35(39(43)47)25-33-17-19-34(20-18-33)26-36-38-22-24-44(40(36)48,42(38,7)8)30-54(51,52)46-28-32(12-4)16-14-10-2/h17-20,25-26,31-32,37-38,45-46H,9-16,21-24,27-30H2,1-8H3/b35-25+,36-26+. The Bertz CT molecular complexity index is 1690. The molecule has 4 bridgehead atoms. The predicted molar refractivity (Wildman–Crippen MR) is 220 cm³/mol. The van der Waals surface area contributed by atoms with Gasteiger partial charge in [-0.2, -0.15) is 0 Å². The van der Waals surface area contributed by atoms with E-state index in [0.29, 0.717) is 48.9 Å². The third kappa shape index (κ3) is 8.02. The summed E-state index contributed by atoms with van der Waals surface area (Å²) in [6.45, 7) is 17.5. The molecule has 0 heterocycles. The van der Waals surface area contributed by atoms with Crippen molar-refractivity contribution in [2.24, 2.45) is 45.3 Å². The SMILES string of the molecule is CCCCC(CC)CNS(=O)(=O)CC12CCC(/C(=C\c3ccc(/C=C4/C(=O)C5(CS(=O)(=O)NCC(CC)CCCC)CCC4C5(C)C)cc3)C1=O)C2(C)C. The van der Waals surface area contributed by atoms with E-state index in [1.165, 1.54) is 0 Å². The highest BCUT2D eigenvalue weighted by Crippen LogP contribution is 2.67. The maximum absolute atomic E-state index is 14.2. The van der Waals surface area contributed by atoms with Crippen LogP contribution in [0.5, 0.6) is 0 Å². The third-order valence-electron chi connectivity index (χ3n) is 14.8. The van der Waals surface area contributed by atoms with Crippen LogP contribution in [0, 0.1) is 45.3 Å². The molecule has 5 rings (SSSR count). The van der Waals surface area contributed by atoms with Gasteiger partial charge >= 0.3 is 0 Å². The van der Waals surface area contributed by atoms with Crippen molar-refractivity contribution < 1.29 is 26.4 Å². The molecule has 4 aliphatic rings. The zero-order valence-corrected chi connectivity index (χ0v) is 36.0. The molecule has 0 aliphatic heterocycles. The van der Waals surface area contributed by atoms with E-state index in [2.05, 4.69) is 64.8 Å². The van der Waals surface area contributed by atoms with Crippen LogP contribution in [0.1, 0.15) is 144 Å². The topological polar surface area (TPSA) is 126 Å². The van der Waals surface area contributed by atoms with Gasteiger partial charge in [0.25, 0.3) is 0 Å². The summed E-state index contributed by atoms with van der Waals surface area (Å²) in [5, 5.41) is 0. The van der Waals surface area contributed by atoms with Crippen molar-refractivity contribution in [1.29, 1.82) is 0 Å². The molecule has 4 aliphatic carbocycles. The second-order valence-corrected chi connectivity index (χ2v) is 22.0. The van der Waals surface area contributed by atoms with Gasteiger partial charge in [-0.3, -0.25) is 9.59 Å². The first-order chi connectivity index (χ1) is 25.3. The van der Waals surface area contributed by atoms with Gasteiger partial charge in [-0.1, -0.05) is 118 Å². The number of nitrogens with one attached hydrogen (secondary N) is 2. The lowest BCUT2D eigenvalue weighted by Gasteiger charge is -2.35. The fourth-order valence-corrected chi connectivity index (χ4v) is 14.5. The summed E-state index contributed by atoms with van der Waals surface area (Å²) in [4.78, 5) is 28.4. The van der Waals surface area contributed by atoms with E-state index < -0.39 is 41.7 Å². The largest absolute Gasteiger partial charge is 0.294 e. The molecule has 2 N–H and O–H groups in total. The highest BCUT2D eigenvalue weighted by Gasteiger charge is 2.68. The molecule has 0 amide bonds. The van der Waals surface area contributed by atoms with Gasteiger partial charge in [-0.25, -0.2) is 26.3 Å². The van der Waals surface area contributed by atoms with Gasteiger partial charge in [-0.15, -0.1) is 0 Å². The van der Waals surface area contributed by atoms with E-state index in [1.54, 1.807) is 0 Å². The molecule has 4 saturated carbocycles. The van der Waals surface area contributed by atoms with Crippen molar-refractivity contribution in [3.63, 3.8) is 0 Å². The number of sulfonamides is 2. The molecule has 6 atom stereocenters. The minimum absolute atomic E-state index is 0.0185. The Labute approximate surface area is 327 Å². The third-order valence-corrected chi connectivity index (χ3v) is 17.8. The van der Waals surface area contributed by atoms with Gasteiger partial charge in [0, 0.05) is 24.2 Å². The van der Waals surface area contributed by atoms with Crippen molar-refractivity contribution in [1.82, 2.24) is 9.44 Å². The molecule has 1 aromatic carbocycles. The van der Waals surface area contributed by atoms with E-state index in [4.69, 9.17) is 0 Å². The molecule has 0 radical (unpaired) electrons. The molecule has 54 heavy (non-hydrogen) atoms. The lowest BCUT2D eigenvalue weighted by molar-refractivity contribution is -0.125.